The highest BCUT2D eigenvalue weighted by atomic mass is 79.9. The molecule has 130 valence electrons. The quantitative estimate of drug-likeness (QED) is 0.613. The molecule has 7 heteroatoms. The van der Waals surface area contributed by atoms with E-state index in [-0.39, 0.29) is 5.92 Å². The first kappa shape index (κ1) is 18.6. The van der Waals surface area contributed by atoms with Crippen LogP contribution in [-0.4, -0.2) is 57.7 Å². The maximum Gasteiger partial charge on any atom is 0.229 e. The number of ether oxygens (including phenoxy) is 2. The molecule has 6 nitrogen and oxygen atoms in total. The number of aliphatic hydroxyl groups is 4. The van der Waals surface area contributed by atoms with E-state index < -0.39 is 37.3 Å². The molecule has 1 fully saturated rings. The second-order valence-electron chi connectivity index (χ2n) is 6.11. The Labute approximate surface area is 143 Å². The molecule has 1 aromatic carbocycles. The maximum absolute atomic E-state index is 10.1. The second-order valence-corrected chi connectivity index (χ2v) is 6.96. The molecule has 1 aliphatic rings. The maximum atomic E-state index is 10.1. The molecule has 0 spiro atoms. The van der Waals surface area contributed by atoms with Crippen LogP contribution in [0.15, 0.2) is 16.6 Å². The van der Waals surface area contributed by atoms with Crippen LogP contribution in [0, 0.1) is 6.92 Å². The molecule has 1 aliphatic heterocycles. The molecular weight excluding hydrogens is 368 g/mol. The van der Waals surface area contributed by atoms with Crippen LogP contribution in [0.3, 0.4) is 0 Å². The number of halogens is 1. The van der Waals surface area contributed by atoms with Crippen molar-refractivity contribution in [2.45, 2.75) is 57.4 Å². The average molecular weight is 391 g/mol. The van der Waals surface area contributed by atoms with E-state index in [9.17, 15) is 20.4 Å². The Morgan fingerprint density at radius 1 is 1.17 bits per heavy atom. The molecule has 4 N–H and O–H groups in total. The highest BCUT2D eigenvalue weighted by Crippen LogP contribution is 2.33. The minimum Gasteiger partial charge on any atom is -0.462 e. The van der Waals surface area contributed by atoms with E-state index in [1.165, 1.54) is 0 Å². The fourth-order valence-corrected chi connectivity index (χ4v) is 3.44. The fraction of sp³-hybridized carbons (Fsp3) is 0.625. The molecule has 1 aromatic rings. The zero-order valence-corrected chi connectivity index (χ0v) is 14.9. The van der Waals surface area contributed by atoms with Crippen LogP contribution in [-0.2, 0) is 4.74 Å². The lowest BCUT2D eigenvalue weighted by Crippen LogP contribution is -2.60. The topological polar surface area (TPSA) is 99.4 Å². The summed E-state index contributed by atoms with van der Waals surface area (Å²) >= 11 is 3.51. The highest BCUT2D eigenvalue weighted by molar-refractivity contribution is 9.10. The summed E-state index contributed by atoms with van der Waals surface area (Å²) in [5, 5.41) is 38.9. The van der Waals surface area contributed by atoms with Crippen molar-refractivity contribution in [3.05, 3.63) is 27.7 Å². The van der Waals surface area contributed by atoms with Gasteiger partial charge in [-0.25, -0.2) is 0 Å². The molecule has 0 aromatic heterocycles. The molecule has 2 unspecified atom stereocenters. The molecule has 23 heavy (non-hydrogen) atoms. The van der Waals surface area contributed by atoms with Gasteiger partial charge in [-0.05, 0) is 36.1 Å². The van der Waals surface area contributed by atoms with Crippen molar-refractivity contribution in [1.29, 1.82) is 0 Å². The zero-order chi connectivity index (χ0) is 17.3. The first-order chi connectivity index (χ1) is 10.8. The first-order valence-electron chi connectivity index (χ1n) is 7.53. The van der Waals surface area contributed by atoms with Crippen LogP contribution in [0.2, 0.25) is 0 Å². The van der Waals surface area contributed by atoms with Crippen LogP contribution in [0.25, 0.3) is 0 Å². The van der Waals surface area contributed by atoms with Gasteiger partial charge in [0.1, 0.15) is 30.2 Å². The van der Waals surface area contributed by atoms with Crippen LogP contribution in [0.4, 0.5) is 0 Å². The number of aryl methyl sites for hydroxylation is 1. The normalized spacial score (nSPS) is 31.4. The van der Waals surface area contributed by atoms with Crippen molar-refractivity contribution in [3.8, 4) is 5.75 Å². The molecule has 1 heterocycles. The van der Waals surface area contributed by atoms with Crippen LogP contribution < -0.4 is 4.74 Å². The first-order valence-corrected chi connectivity index (χ1v) is 8.32. The Balaban J connectivity index is 2.25. The summed E-state index contributed by atoms with van der Waals surface area (Å²) < 4.78 is 12.1. The lowest BCUT2D eigenvalue weighted by atomic mass is 9.99. The van der Waals surface area contributed by atoms with Crippen LogP contribution in [0.5, 0.6) is 5.75 Å². The van der Waals surface area contributed by atoms with Gasteiger partial charge in [0.05, 0.1) is 6.61 Å². The summed E-state index contributed by atoms with van der Waals surface area (Å²) in [7, 11) is 0. The molecule has 5 atom stereocenters. The SMILES string of the molecule is Cc1cc(Br)c(C(C)C)cc1O[C@@H]1OC(CO)[C@@H](O)C(O)[C@@H]1O. The van der Waals surface area contributed by atoms with E-state index in [1.54, 1.807) is 0 Å². The number of rotatable bonds is 4. The second kappa shape index (κ2) is 7.46. The van der Waals surface area contributed by atoms with Crippen molar-refractivity contribution in [3.63, 3.8) is 0 Å². The fourth-order valence-electron chi connectivity index (χ4n) is 2.53. The Bertz CT molecular complexity index is 548. The molecule has 0 radical (unpaired) electrons. The minimum absolute atomic E-state index is 0.266. The summed E-state index contributed by atoms with van der Waals surface area (Å²) in [6.45, 7) is 5.47. The number of aliphatic hydroxyl groups excluding tert-OH is 4. The van der Waals surface area contributed by atoms with Crippen molar-refractivity contribution in [1.82, 2.24) is 0 Å². The predicted octanol–water partition coefficient (Wildman–Crippen LogP) is 1.06. The van der Waals surface area contributed by atoms with E-state index in [4.69, 9.17) is 9.47 Å². The average Bonchev–Trinajstić information content (AvgIpc) is 2.49. The van der Waals surface area contributed by atoms with Gasteiger partial charge in [0.2, 0.25) is 6.29 Å². The summed E-state index contributed by atoms with van der Waals surface area (Å²) in [5.74, 6) is 0.781. The van der Waals surface area contributed by atoms with E-state index >= 15 is 0 Å². The lowest BCUT2D eigenvalue weighted by molar-refractivity contribution is -0.277. The third kappa shape index (κ3) is 3.87. The van der Waals surface area contributed by atoms with Crippen LogP contribution >= 0.6 is 15.9 Å². The largest absolute Gasteiger partial charge is 0.462 e. The molecular formula is C16H23BrO6. The third-order valence-electron chi connectivity index (χ3n) is 4.01. The van der Waals surface area contributed by atoms with Gasteiger partial charge in [-0.1, -0.05) is 29.8 Å². The van der Waals surface area contributed by atoms with Gasteiger partial charge in [-0.2, -0.15) is 0 Å². The summed E-state index contributed by atoms with van der Waals surface area (Å²) in [4.78, 5) is 0. The van der Waals surface area contributed by atoms with Crippen molar-refractivity contribution in [2.24, 2.45) is 0 Å². The minimum atomic E-state index is -1.45. The summed E-state index contributed by atoms with van der Waals surface area (Å²) in [6, 6.07) is 3.76. The molecule has 1 saturated heterocycles. The van der Waals surface area contributed by atoms with E-state index in [2.05, 4.69) is 15.9 Å². The number of hydrogen-bond acceptors (Lipinski definition) is 6. The number of hydrogen-bond donors (Lipinski definition) is 4. The highest BCUT2D eigenvalue weighted by Gasteiger charge is 2.44. The third-order valence-corrected chi connectivity index (χ3v) is 4.69. The molecule has 0 bridgehead atoms. The lowest BCUT2D eigenvalue weighted by Gasteiger charge is -2.39. The zero-order valence-electron chi connectivity index (χ0n) is 13.3. The smallest absolute Gasteiger partial charge is 0.229 e. The van der Waals surface area contributed by atoms with Crippen molar-refractivity contribution < 1.29 is 29.9 Å². The van der Waals surface area contributed by atoms with E-state index in [0.717, 1.165) is 15.6 Å². The van der Waals surface area contributed by atoms with Gasteiger partial charge >= 0.3 is 0 Å². The van der Waals surface area contributed by atoms with Crippen molar-refractivity contribution in [2.75, 3.05) is 6.61 Å². The molecule has 0 saturated carbocycles. The van der Waals surface area contributed by atoms with Gasteiger partial charge in [-0.15, -0.1) is 0 Å². The standard InChI is InChI=1S/C16H23BrO6/c1-7(2)9-5-11(8(3)4-10(9)17)22-16-15(21)14(20)13(19)12(6-18)23-16/h4-5,7,12-16,18-21H,6H2,1-3H3/t12?,13-,14?,15+,16-/m1/s1. The Morgan fingerprint density at radius 3 is 2.39 bits per heavy atom. The van der Waals surface area contributed by atoms with E-state index in [0.29, 0.717) is 5.75 Å². The monoisotopic (exact) mass is 390 g/mol. The predicted molar refractivity (Wildman–Crippen MR) is 87.4 cm³/mol. The van der Waals surface area contributed by atoms with Crippen LogP contribution in [0.1, 0.15) is 30.9 Å². The van der Waals surface area contributed by atoms with Gasteiger partial charge in [0.25, 0.3) is 0 Å². The van der Waals surface area contributed by atoms with Gasteiger partial charge in [0, 0.05) is 4.47 Å². The molecule has 0 amide bonds. The Hall–Kier alpha value is -0.700. The molecule has 0 aliphatic carbocycles. The van der Waals surface area contributed by atoms with Gasteiger partial charge < -0.3 is 29.9 Å². The summed E-state index contributed by atoms with van der Waals surface area (Å²) in [6.07, 6.45) is -6.43. The van der Waals surface area contributed by atoms with Gasteiger partial charge in [0.15, 0.2) is 0 Å². The molecule has 2 rings (SSSR count). The Morgan fingerprint density at radius 2 is 1.83 bits per heavy atom. The summed E-state index contributed by atoms with van der Waals surface area (Å²) in [5.41, 5.74) is 1.87. The number of benzene rings is 1. The van der Waals surface area contributed by atoms with Crippen molar-refractivity contribution >= 4 is 15.9 Å². The van der Waals surface area contributed by atoms with E-state index in [1.807, 2.05) is 32.9 Å². The van der Waals surface area contributed by atoms with Gasteiger partial charge in [-0.3, -0.25) is 0 Å². The Kier molecular flexibility index (Phi) is 6.05.